The maximum Gasteiger partial charge on any atom is 0.419 e. The number of oxazole rings is 1. The highest BCUT2D eigenvalue weighted by atomic mass is 19.4. The fourth-order valence-corrected chi connectivity index (χ4v) is 2.45. The molecule has 1 aromatic heterocycles. The molecule has 3 rings (SSSR count). The molecule has 0 saturated carbocycles. The van der Waals surface area contributed by atoms with Gasteiger partial charge < -0.3 is 9.15 Å². The molecule has 0 aliphatic heterocycles. The van der Waals surface area contributed by atoms with E-state index in [2.05, 4.69) is 0 Å². The second-order valence-electron chi connectivity index (χ2n) is 5.59. The monoisotopic (exact) mass is 365 g/mol. The largest absolute Gasteiger partial charge is 0.461 e. The Labute approximate surface area is 145 Å². The minimum absolute atomic E-state index is 0.0654. The molecular weight excluding hydrogens is 351 g/mol. The molecule has 0 atom stereocenters. The molecule has 0 aliphatic rings. The molecule has 0 radical (unpaired) electrons. The minimum atomic E-state index is -4.41. The Morgan fingerprint density at radius 3 is 2.46 bits per heavy atom. The molecule has 0 unspecified atom stereocenters. The van der Waals surface area contributed by atoms with E-state index < -0.39 is 23.5 Å². The number of benzene rings is 2. The van der Waals surface area contributed by atoms with Crippen molar-refractivity contribution in [2.45, 2.75) is 25.7 Å². The van der Waals surface area contributed by atoms with Gasteiger partial charge in [0, 0.05) is 6.54 Å². The van der Waals surface area contributed by atoms with Crippen molar-refractivity contribution >= 4 is 17.1 Å². The molecule has 1 heterocycles. The van der Waals surface area contributed by atoms with Crippen molar-refractivity contribution in [2.75, 3.05) is 0 Å². The zero-order valence-corrected chi connectivity index (χ0v) is 13.5. The Bertz CT molecular complexity index is 971. The zero-order valence-electron chi connectivity index (χ0n) is 13.5. The first-order valence-electron chi connectivity index (χ1n) is 7.75. The van der Waals surface area contributed by atoms with Gasteiger partial charge in [0.15, 0.2) is 5.58 Å². The Kier molecular flexibility index (Phi) is 4.83. The highest BCUT2D eigenvalue weighted by Crippen LogP contribution is 2.29. The van der Waals surface area contributed by atoms with Crippen molar-refractivity contribution in [3.05, 3.63) is 70.2 Å². The van der Waals surface area contributed by atoms with Crippen molar-refractivity contribution in [1.82, 2.24) is 4.57 Å². The molecule has 0 aliphatic carbocycles. The Morgan fingerprint density at radius 2 is 1.77 bits per heavy atom. The van der Waals surface area contributed by atoms with Crippen LogP contribution < -0.4 is 5.76 Å². The van der Waals surface area contributed by atoms with Crippen LogP contribution in [0.2, 0.25) is 0 Å². The Morgan fingerprint density at radius 1 is 1.08 bits per heavy atom. The normalized spacial score (nSPS) is 11.7. The van der Waals surface area contributed by atoms with Gasteiger partial charge in [-0.2, -0.15) is 13.2 Å². The summed E-state index contributed by atoms with van der Waals surface area (Å²) in [6, 6.07) is 11.2. The third-order valence-electron chi connectivity index (χ3n) is 3.79. The summed E-state index contributed by atoms with van der Waals surface area (Å²) in [5.74, 6) is -1.14. The van der Waals surface area contributed by atoms with Gasteiger partial charge in [0.05, 0.1) is 17.5 Å². The molecular formula is C18H14F3NO4. The summed E-state index contributed by atoms with van der Waals surface area (Å²) < 4.78 is 48.9. The van der Waals surface area contributed by atoms with E-state index in [1.807, 2.05) is 0 Å². The second kappa shape index (κ2) is 7.07. The molecule has 3 aromatic rings. The summed E-state index contributed by atoms with van der Waals surface area (Å²) in [5.41, 5.74) is 0.680. The van der Waals surface area contributed by atoms with Crippen LogP contribution in [0.15, 0.2) is 57.7 Å². The van der Waals surface area contributed by atoms with Crippen LogP contribution in [0.25, 0.3) is 11.1 Å². The molecule has 0 saturated heterocycles. The number of alkyl halides is 3. The van der Waals surface area contributed by atoms with Crippen LogP contribution in [0.3, 0.4) is 0 Å². The molecule has 0 N–H and O–H groups in total. The van der Waals surface area contributed by atoms with E-state index in [1.54, 1.807) is 24.3 Å². The van der Waals surface area contributed by atoms with E-state index in [0.717, 1.165) is 12.1 Å². The van der Waals surface area contributed by atoms with E-state index >= 15 is 0 Å². The topological polar surface area (TPSA) is 61.4 Å². The number of halogens is 3. The van der Waals surface area contributed by atoms with Crippen LogP contribution in [0.4, 0.5) is 13.2 Å². The minimum Gasteiger partial charge on any atom is -0.461 e. The van der Waals surface area contributed by atoms with E-state index in [0.29, 0.717) is 16.7 Å². The highest BCUT2D eigenvalue weighted by Gasteiger charge is 2.29. The average Bonchev–Trinajstić information content (AvgIpc) is 2.93. The maximum absolute atomic E-state index is 12.5. The quantitative estimate of drug-likeness (QED) is 0.646. The van der Waals surface area contributed by atoms with E-state index in [-0.39, 0.29) is 19.6 Å². The van der Waals surface area contributed by atoms with Crippen LogP contribution in [0.5, 0.6) is 0 Å². The lowest BCUT2D eigenvalue weighted by Gasteiger charge is -2.08. The number of rotatable bonds is 5. The highest BCUT2D eigenvalue weighted by molar-refractivity contribution is 5.73. The lowest BCUT2D eigenvalue weighted by Crippen LogP contribution is -2.17. The average molecular weight is 365 g/mol. The van der Waals surface area contributed by atoms with Gasteiger partial charge in [-0.1, -0.05) is 24.3 Å². The van der Waals surface area contributed by atoms with Crippen LogP contribution in [0.1, 0.15) is 17.5 Å². The fourth-order valence-electron chi connectivity index (χ4n) is 2.45. The summed E-state index contributed by atoms with van der Waals surface area (Å²) in [7, 11) is 0. The van der Waals surface area contributed by atoms with Crippen molar-refractivity contribution in [1.29, 1.82) is 0 Å². The first kappa shape index (κ1) is 17.8. The van der Waals surface area contributed by atoms with Gasteiger partial charge in [-0.05, 0) is 29.8 Å². The van der Waals surface area contributed by atoms with Gasteiger partial charge in [-0.15, -0.1) is 0 Å². The molecule has 8 heteroatoms. The number of para-hydroxylation sites is 2. The Balaban J connectivity index is 1.56. The lowest BCUT2D eigenvalue weighted by molar-refractivity contribution is -0.145. The smallest absolute Gasteiger partial charge is 0.419 e. The second-order valence-corrected chi connectivity index (χ2v) is 5.59. The third-order valence-corrected chi connectivity index (χ3v) is 3.79. The fraction of sp³-hybridized carbons (Fsp3) is 0.222. The summed E-state index contributed by atoms with van der Waals surface area (Å²) in [5, 5.41) is 0. The SMILES string of the molecule is O=C(CCn1c(=O)oc2ccccc21)OCc1ccc(C(F)(F)F)cc1. The number of aromatic nitrogens is 1. The van der Waals surface area contributed by atoms with Gasteiger partial charge in [0.2, 0.25) is 0 Å². The first-order chi connectivity index (χ1) is 12.3. The number of hydrogen-bond acceptors (Lipinski definition) is 4. The molecule has 0 fully saturated rings. The number of hydrogen-bond donors (Lipinski definition) is 0. The van der Waals surface area contributed by atoms with Crippen molar-refractivity contribution in [3.8, 4) is 0 Å². The first-order valence-corrected chi connectivity index (χ1v) is 7.75. The molecule has 0 spiro atoms. The van der Waals surface area contributed by atoms with E-state index in [9.17, 15) is 22.8 Å². The number of nitrogens with zero attached hydrogens (tertiary/aromatic N) is 1. The predicted octanol–water partition coefficient (Wildman–Crippen LogP) is 3.75. The van der Waals surface area contributed by atoms with Gasteiger partial charge >= 0.3 is 17.9 Å². The summed E-state index contributed by atoms with van der Waals surface area (Å²) in [6.07, 6.45) is -4.47. The molecule has 0 bridgehead atoms. The van der Waals surface area contributed by atoms with Gasteiger partial charge in [-0.25, -0.2) is 4.79 Å². The third kappa shape index (κ3) is 3.96. The van der Waals surface area contributed by atoms with Gasteiger partial charge in [-0.3, -0.25) is 9.36 Å². The number of carbonyl (C=O) groups excluding carboxylic acids is 1. The van der Waals surface area contributed by atoms with Crippen LogP contribution >= 0.6 is 0 Å². The predicted molar refractivity (Wildman–Crippen MR) is 86.3 cm³/mol. The van der Waals surface area contributed by atoms with Crippen molar-refractivity contribution < 1.29 is 27.1 Å². The zero-order chi connectivity index (χ0) is 18.7. The number of aryl methyl sites for hydroxylation is 1. The Hall–Kier alpha value is -3.03. The number of esters is 1. The standard InChI is InChI=1S/C18H14F3NO4/c19-18(20,21)13-7-5-12(6-8-13)11-25-16(23)9-10-22-14-3-1-2-4-15(14)26-17(22)24/h1-8H,9-11H2. The van der Waals surface area contributed by atoms with Crippen molar-refractivity contribution in [2.24, 2.45) is 0 Å². The number of carbonyl (C=O) groups is 1. The van der Waals surface area contributed by atoms with Crippen LogP contribution in [-0.2, 0) is 28.9 Å². The van der Waals surface area contributed by atoms with E-state index in [4.69, 9.17) is 9.15 Å². The molecule has 26 heavy (non-hydrogen) atoms. The summed E-state index contributed by atoms with van der Waals surface area (Å²) in [6.45, 7) is -0.0559. The lowest BCUT2D eigenvalue weighted by atomic mass is 10.1. The number of fused-ring (bicyclic) bond motifs is 1. The van der Waals surface area contributed by atoms with Crippen molar-refractivity contribution in [3.63, 3.8) is 0 Å². The molecule has 5 nitrogen and oxygen atoms in total. The molecule has 2 aromatic carbocycles. The van der Waals surface area contributed by atoms with Gasteiger partial charge in [0.1, 0.15) is 6.61 Å². The van der Waals surface area contributed by atoms with Crippen LogP contribution in [-0.4, -0.2) is 10.5 Å². The van der Waals surface area contributed by atoms with Crippen LogP contribution in [0, 0.1) is 0 Å². The van der Waals surface area contributed by atoms with Gasteiger partial charge in [0.25, 0.3) is 0 Å². The molecule has 136 valence electrons. The molecule has 0 amide bonds. The maximum atomic E-state index is 12.5. The van der Waals surface area contributed by atoms with E-state index in [1.165, 1.54) is 16.7 Å². The number of ether oxygens (including phenoxy) is 1. The summed E-state index contributed by atoms with van der Waals surface area (Å²) in [4.78, 5) is 23.6. The summed E-state index contributed by atoms with van der Waals surface area (Å²) >= 11 is 0.